The van der Waals surface area contributed by atoms with E-state index in [1.807, 2.05) is 24.3 Å². The van der Waals surface area contributed by atoms with Crippen LogP contribution in [0.4, 0.5) is 4.79 Å². The summed E-state index contributed by atoms with van der Waals surface area (Å²) in [5.74, 6) is -0.462. The van der Waals surface area contributed by atoms with Crippen LogP contribution in [0.1, 0.15) is 37.7 Å². The van der Waals surface area contributed by atoms with Crippen molar-refractivity contribution in [2.24, 2.45) is 0 Å². The predicted molar refractivity (Wildman–Crippen MR) is 101 cm³/mol. The third-order valence-corrected chi connectivity index (χ3v) is 6.34. The van der Waals surface area contributed by atoms with Crippen molar-refractivity contribution in [2.45, 2.75) is 44.2 Å². The van der Waals surface area contributed by atoms with Gasteiger partial charge in [-0.05, 0) is 24.5 Å². The molecule has 7 heteroatoms. The number of imide groups is 1. The van der Waals surface area contributed by atoms with Gasteiger partial charge >= 0.3 is 6.03 Å². The molecule has 1 heterocycles. The largest absolute Gasteiger partial charge is 0.340 e. The first-order valence-corrected chi connectivity index (χ1v) is 9.73. The molecular weight excluding hydrogens is 398 g/mol. The summed E-state index contributed by atoms with van der Waals surface area (Å²) in [4.78, 5) is 42.4. The van der Waals surface area contributed by atoms with Crippen molar-refractivity contribution in [1.82, 2.24) is 14.7 Å². The molecule has 0 radical (unpaired) electrons. The highest BCUT2D eigenvalue weighted by atomic mass is 79.9. The molecule has 1 aliphatic carbocycles. The first-order valence-electron chi connectivity index (χ1n) is 8.94. The van der Waals surface area contributed by atoms with E-state index in [0.29, 0.717) is 19.4 Å². The molecule has 0 aromatic heterocycles. The normalized spacial score (nSPS) is 19.3. The number of likely N-dealkylation sites (N-methyl/N-ethyl adjacent to an activating group) is 2. The highest BCUT2D eigenvalue weighted by Gasteiger charge is 2.55. The number of carbonyl (C=O) groups is 3. The van der Waals surface area contributed by atoms with E-state index in [9.17, 15) is 14.4 Å². The number of rotatable bonds is 4. The molecule has 1 aromatic rings. The Labute approximate surface area is 162 Å². The van der Waals surface area contributed by atoms with Gasteiger partial charge in [0, 0.05) is 25.1 Å². The van der Waals surface area contributed by atoms with Gasteiger partial charge in [0.25, 0.3) is 5.91 Å². The van der Waals surface area contributed by atoms with Crippen molar-refractivity contribution in [3.8, 4) is 0 Å². The van der Waals surface area contributed by atoms with Gasteiger partial charge in [0.15, 0.2) is 0 Å². The summed E-state index contributed by atoms with van der Waals surface area (Å²) < 4.78 is 0.925. The van der Waals surface area contributed by atoms with Crippen molar-refractivity contribution in [3.63, 3.8) is 0 Å². The molecule has 0 N–H and O–H groups in total. The van der Waals surface area contributed by atoms with Gasteiger partial charge in [0.2, 0.25) is 5.91 Å². The molecule has 1 aliphatic heterocycles. The maximum absolute atomic E-state index is 13.0. The first-order chi connectivity index (χ1) is 12.4. The standard InChI is InChI=1S/C19H24BrN3O3/c1-21(12-14-8-4-5-9-15(14)20)16(24)13-23-17(25)19(22(2)18(23)26)10-6-3-7-11-19/h4-5,8-9H,3,6-7,10-13H2,1-2H3. The summed E-state index contributed by atoms with van der Waals surface area (Å²) in [7, 11) is 3.37. The van der Waals surface area contributed by atoms with Crippen LogP contribution in [0.15, 0.2) is 28.7 Å². The Hall–Kier alpha value is -1.89. The maximum Gasteiger partial charge on any atom is 0.327 e. The van der Waals surface area contributed by atoms with E-state index in [2.05, 4.69) is 15.9 Å². The van der Waals surface area contributed by atoms with E-state index in [-0.39, 0.29) is 24.4 Å². The second-order valence-electron chi connectivity index (χ2n) is 7.17. The number of nitrogens with zero attached hydrogens (tertiary/aromatic N) is 3. The number of carbonyl (C=O) groups excluding carboxylic acids is 3. The number of urea groups is 1. The highest BCUT2D eigenvalue weighted by Crippen LogP contribution is 2.39. The number of hydrogen-bond donors (Lipinski definition) is 0. The number of benzene rings is 1. The molecule has 0 bridgehead atoms. The molecule has 1 spiro atoms. The van der Waals surface area contributed by atoms with Crippen LogP contribution in [-0.4, -0.2) is 58.7 Å². The highest BCUT2D eigenvalue weighted by molar-refractivity contribution is 9.10. The Balaban J connectivity index is 1.69. The molecule has 2 aliphatic rings. The lowest BCUT2D eigenvalue weighted by Crippen LogP contribution is -2.49. The lowest BCUT2D eigenvalue weighted by Gasteiger charge is -2.35. The monoisotopic (exact) mass is 421 g/mol. The summed E-state index contributed by atoms with van der Waals surface area (Å²) in [5, 5.41) is 0. The quantitative estimate of drug-likeness (QED) is 0.701. The van der Waals surface area contributed by atoms with Crippen molar-refractivity contribution < 1.29 is 14.4 Å². The molecule has 3 rings (SSSR count). The van der Waals surface area contributed by atoms with Crippen molar-refractivity contribution in [1.29, 1.82) is 0 Å². The molecule has 0 unspecified atom stereocenters. The van der Waals surface area contributed by atoms with Crippen LogP contribution in [0.3, 0.4) is 0 Å². The number of halogens is 1. The second kappa shape index (κ2) is 7.39. The third kappa shape index (κ3) is 3.24. The average Bonchev–Trinajstić information content (AvgIpc) is 2.80. The summed E-state index contributed by atoms with van der Waals surface area (Å²) >= 11 is 3.47. The van der Waals surface area contributed by atoms with Gasteiger partial charge in [0.05, 0.1) is 0 Å². The Kier molecular flexibility index (Phi) is 5.37. The van der Waals surface area contributed by atoms with E-state index in [1.54, 1.807) is 23.9 Å². The van der Waals surface area contributed by atoms with Crippen LogP contribution < -0.4 is 0 Å². The SMILES string of the molecule is CN(Cc1ccccc1Br)C(=O)CN1C(=O)N(C)C2(CCCCC2)C1=O. The van der Waals surface area contributed by atoms with Crippen LogP contribution in [0.2, 0.25) is 0 Å². The van der Waals surface area contributed by atoms with Crippen molar-refractivity contribution in [2.75, 3.05) is 20.6 Å². The van der Waals surface area contributed by atoms with Crippen LogP contribution in [0, 0.1) is 0 Å². The minimum atomic E-state index is -0.739. The Morgan fingerprint density at radius 3 is 2.50 bits per heavy atom. The first kappa shape index (κ1) is 18.9. The number of hydrogen-bond acceptors (Lipinski definition) is 3. The summed E-state index contributed by atoms with van der Waals surface area (Å²) in [5.41, 5.74) is 0.236. The second-order valence-corrected chi connectivity index (χ2v) is 8.02. The van der Waals surface area contributed by atoms with Crippen molar-refractivity contribution in [3.05, 3.63) is 34.3 Å². The van der Waals surface area contributed by atoms with Crippen LogP contribution in [0.25, 0.3) is 0 Å². The van der Waals surface area contributed by atoms with Gasteiger partial charge in [-0.3, -0.25) is 14.5 Å². The fourth-order valence-electron chi connectivity index (χ4n) is 3.90. The molecule has 1 saturated carbocycles. The zero-order chi connectivity index (χ0) is 18.9. The van der Waals surface area contributed by atoms with E-state index in [1.165, 1.54) is 0 Å². The van der Waals surface area contributed by atoms with E-state index in [0.717, 1.165) is 34.2 Å². The molecule has 2 fully saturated rings. The summed E-state index contributed by atoms with van der Waals surface area (Å²) in [6.07, 6.45) is 4.34. The van der Waals surface area contributed by atoms with Crippen LogP contribution >= 0.6 is 15.9 Å². The Morgan fingerprint density at radius 2 is 1.85 bits per heavy atom. The van der Waals surface area contributed by atoms with Gasteiger partial charge in [-0.25, -0.2) is 4.79 Å². The molecule has 1 aromatic carbocycles. The summed E-state index contributed by atoms with van der Waals surface area (Å²) in [6, 6.07) is 7.32. The fraction of sp³-hybridized carbons (Fsp3) is 0.526. The van der Waals surface area contributed by atoms with Gasteiger partial charge in [0.1, 0.15) is 12.1 Å². The average molecular weight is 422 g/mol. The lowest BCUT2D eigenvalue weighted by atomic mass is 9.81. The van der Waals surface area contributed by atoms with Gasteiger partial charge in [-0.15, -0.1) is 0 Å². The maximum atomic E-state index is 13.0. The minimum absolute atomic E-state index is 0.204. The fourth-order valence-corrected chi connectivity index (χ4v) is 4.31. The number of amides is 4. The van der Waals surface area contributed by atoms with E-state index >= 15 is 0 Å². The van der Waals surface area contributed by atoms with Gasteiger partial charge in [-0.1, -0.05) is 53.4 Å². The minimum Gasteiger partial charge on any atom is -0.340 e. The van der Waals surface area contributed by atoms with Gasteiger partial charge in [-0.2, -0.15) is 0 Å². The molecule has 140 valence electrons. The molecule has 6 nitrogen and oxygen atoms in total. The molecule has 4 amide bonds. The topological polar surface area (TPSA) is 60.9 Å². The molecule has 0 atom stereocenters. The Bertz CT molecular complexity index is 730. The zero-order valence-corrected chi connectivity index (χ0v) is 16.8. The summed E-state index contributed by atoms with van der Waals surface area (Å²) in [6.45, 7) is 0.210. The van der Waals surface area contributed by atoms with E-state index in [4.69, 9.17) is 0 Å². The smallest absolute Gasteiger partial charge is 0.327 e. The zero-order valence-electron chi connectivity index (χ0n) is 15.2. The van der Waals surface area contributed by atoms with Crippen LogP contribution in [-0.2, 0) is 16.1 Å². The predicted octanol–water partition coefficient (Wildman–Crippen LogP) is 3.00. The van der Waals surface area contributed by atoms with Gasteiger partial charge < -0.3 is 9.80 Å². The van der Waals surface area contributed by atoms with Crippen molar-refractivity contribution >= 4 is 33.8 Å². The molecular formula is C19H24BrN3O3. The van der Waals surface area contributed by atoms with E-state index < -0.39 is 5.54 Å². The Morgan fingerprint density at radius 1 is 1.19 bits per heavy atom. The molecule has 1 saturated heterocycles. The third-order valence-electron chi connectivity index (χ3n) is 5.57. The lowest BCUT2D eigenvalue weighted by molar-refractivity contribution is -0.140. The molecule has 26 heavy (non-hydrogen) atoms. The van der Waals surface area contributed by atoms with Crippen LogP contribution in [0.5, 0.6) is 0 Å².